The number of hydrogen-bond acceptors (Lipinski definition) is 4. The zero-order valence-electron chi connectivity index (χ0n) is 14.5. The van der Waals surface area contributed by atoms with Gasteiger partial charge in [-0.3, -0.25) is 4.79 Å². The smallest absolute Gasteiger partial charge is 0.286 e. The minimum atomic E-state index is -0.103. The van der Waals surface area contributed by atoms with Crippen molar-refractivity contribution < 1.29 is 4.79 Å². The van der Waals surface area contributed by atoms with Crippen LogP contribution in [0.5, 0.6) is 0 Å². The number of anilines is 1. The Balaban J connectivity index is 1.69. The number of likely N-dealkylation sites (tertiary alicyclic amines) is 1. The fraction of sp³-hybridized carbons (Fsp3) is 0.474. The van der Waals surface area contributed by atoms with E-state index in [1.54, 1.807) is 0 Å². The molecule has 24 heavy (non-hydrogen) atoms. The van der Waals surface area contributed by atoms with Crippen LogP contribution in [0.25, 0.3) is 6.08 Å². The number of benzene rings is 1. The number of amides is 1. The van der Waals surface area contributed by atoms with Crippen molar-refractivity contribution in [3.05, 3.63) is 34.7 Å². The normalized spacial score (nSPS) is 19.8. The molecule has 0 aromatic heterocycles. The van der Waals surface area contributed by atoms with Crippen molar-refractivity contribution >= 4 is 34.6 Å². The first-order chi connectivity index (χ1) is 11.7. The quantitative estimate of drug-likeness (QED) is 0.775. The van der Waals surface area contributed by atoms with Crippen molar-refractivity contribution in [2.75, 3.05) is 31.1 Å². The van der Waals surface area contributed by atoms with Gasteiger partial charge in [0.05, 0.1) is 4.91 Å². The summed E-state index contributed by atoms with van der Waals surface area (Å²) in [6.45, 7) is 8.35. The fourth-order valence-corrected chi connectivity index (χ4v) is 4.10. The molecule has 0 N–H and O–H groups in total. The van der Waals surface area contributed by atoms with E-state index >= 15 is 0 Å². The van der Waals surface area contributed by atoms with Gasteiger partial charge in [0.2, 0.25) is 0 Å². The van der Waals surface area contributed by atoms with Gasteiger partial charge in [-0.25, -0.2) is 0 Å². The number of piperidine rings is 1. The Labute approximate surface area is 148 Å². The number of amidine groups is 1. The van der Waals surface area contributed by atoms with Crippen molar-refractivity contribution in [3.63, 3.8) is 0 Å². The van der Waals surface area contributed by atoms with Crippen LogP contribution in [-0.4, -0.2) is 42.2 Å². The van der Waals surface area contributed by atoms with Gasteiger partial charge in [-0.15, -0.1) is 0 Å². The zero-order chi connectivity index (χ0) is 16.9. The number of rotatable bonds is 4. The van der Waals surface area contributed by atoms with E-state index in [0.717, 1.165) is 41.8 Å². The first kappa shape index (κ1) is 17.1. The van der Waals surface area contributed by atoms with E-state index in [4.69, 9.17) is 0 Å². The third-order valence-electron chi connectivity index (χ3n) is 4.56. The van der Waals surface area contributed by atoms with Crippen LogP contribution in [0.2, 0.25) is 0 Å². The molecule has 2 aliphatic heterocycles. The first-order valence-electron chi connectivity index (χ1n) is 8.83. The van der Waals surface area contributed by atoms with Gasteiger partial charge in [-0.1, -0.05) is 12.1 Å². The summed E-state index contributed by atoms with van der Waals surface area (Å²) in [5.41, 5.74) is 2.27. The number of carbonyl (C=O) groups excluding carboxylic acids is 1. The Morgan fingerprint density at radius 2 is 1.79 bits per heavy atom. The maximum absolute atomic E-state index is 12.2. The molecule has 0 spiro atoms. The molecular formula is C19H25N3OS. The zero-order valence-corrected chi connectivity index (χ0v) is 15.3. The van der Waals surface area contributed by atoms with Crippen molar-refractivity contribution in [1.29, 1.82) is 0 Å². The van der Waals surface area contributed by atoms with Crippen LogP contribution in [0.3, 0.4) is 0 Å². The summed E-state index contributed by atoms with van der Waals surface area (Å²) in [5.74, 6) is -0.103. The average Bonchev–Trinajstić information content (AvgIpc) is 2.99. The highest BCUT2D eigenvalue weighted by Gasteiger charge is 2.26. The Morgan fingerprint density at radius 3 is 2.42 bits per heavy atom. The Bertz CT molecular complexity index is 641. The van der Waals surface area contributed by atoms with E-state index in [-0.39, 0.29) is 5.91 Å². The SMILES string of the molecule is CCN(CC)c1ccc(C=C2SC(N3CCCCC3)=NC2=O)cc1. The summed E-state index contributed by atoms with van der Waals surface area (Å²) in [4.78, 5) is 21.7. The Morgan fingerprint density at radius 1 is 1.12 bits per heavy atom. The monoisotopic (exact) mass is 343 g/mol. The molecule has 0 unspecified atom stereocenters. The highest BCUT2D eigenvalue weighted by molar-refractivity contribution is 8.18. The van der Waals surface area contributed by atoms with Crippen LogP contribution in [0.1, 0.15) is 38.7 Å². The summed E-state index contributed by atoms with van der Waals surface area (Å²) in [6, 6.07) is 8.40. The molecule has 2 aliphatic rings. The highest BCUT2D eigenvalue weighted by atomic mass is 32.2. The average molecular weight is 343 g/mol. The van der Waals surface area contributed by atoms with Gasteiger partial charge in [0.25, 0.3) is 5.91 Å². The standard InChI is InChI=1S/C19H25N3OS/c1-3-21(4-2)16-10-8-15(9-11-16)14-17-18(23)20-19(24-17)22-12-6-5-7-13-22/h8-11,14H,3-7,12-13H2,1-2H3. The molecule has 2 heterocycles. The summed E-state index contributed by atoms with van der Waals surface area (Å²) < 4.78 is 0. The van der Waals surface area contributed by atoms with E-state index in [1.807, 2.05) is 6.08 Å². The van der Waals surface area contributed by atoms with Crippen LogP contribution in [0.4, 0.5) is 5.69 Å². The number of nitrogens with zero attached hydrogens (tertiary/aromatic N) is 3. The van der Waals surface area contributed by atoms with Crippen molar-refractivity contribution in [1.82, 2.24) is 4.90 Å². The van der Waals surface area contributed by atoms with Gasteiger partial charge in [0, 0.05) is 31.9 Å². The molecule has 128 valence electrons. The lowest BCUT2D eigenvalue weighted by molar-refractivity contribution is -0.113. The Hall–Kier alpha value is -1.75. The van der Waals surface area contributed by atoms with Crippen LogP contribution in [0.15, 0.2) is 34.2 Å². The molecule has 0 bridgehead atoms. The molecule has 1 saturated heterocycles. The third kappa shape index (κ3) is 3.83. The second-order valence-electron chi connectivity index (χ2n) is 6.12. The maximum atomic E-state index is 12.2. The molecule has 0 atom stereocenters. The molecule has 1 fully saturated rings. The maximum Gasteiger partial charge on any atom is 0.286 e. The minimum absolute atomic E-state index is 0.103. The lowest BCUT2D eigenvalue weighted by Crippen LogP contribution is -2.33. The highest BCUT2D eigenvalue weighted by Crippen LogP contribution is 2.31. The molecule has 1 amide bonds. The van der Waals surface area contributed by atoms with Gasteiger partial charge in [0.15, 0.2) is 5.17 Å². The van der Waals surface area contributed by atoms with Crippen LogP contribution < -0.4 is 4.90 Å². The van der Waals surface area contributed by atoms with Gasteiger partial charge >= 0.3 is 0 Å². The molecule has 0 saturated carbocycles. The van der Waals surface area contributed by atoms with E-state index in [2.05, 4.69) is 52.9 Å². The summed E-state index contributed by atoms with van der Waals surface area (Å²) in [7, 11) is 0. The molecular weight excluding hydrogens is 318 g/mol. The van der Waals surface area contributed by atoms with Crippen LogP contribution >= 0.6 is 11.8 Å². The molecule has 1 aromatic carbocycles. The Kier molecular flexibility index (Phi) is 5.61. The lowest BCUT2D eigenvalue weighted by Gasteiger charge is -2.27. The molecule has 0 radical (unpaired) electrons. The summed E-state index contributed by atoms with van der Waals surface area (Å²) in [6.07, 6.45) is 5.63. The number of hydrogen-bond donors (Lipinski definition) is 0. The summed E-state index contributed by atoms with van der Waals surface area (Å²) in [5, 5.41) is 0.880. The van der Waals surface area contributed by atoms with Gasteiger partial charge in [-0.2, -0.15) is 4.99 Å². The largest absolute Gasteiger partial charge is 0.372 e. The lowest BCUT2D eigenvalue weighted by atomic mass is 10.1. The molecule has 4 nitrogen and oxygen atoms in total. The van der Waals surface area contributed by atoms with E-state index in [1.165, 1.54) is 36.7 Å². The second-order valence-corrected chi connectivity index (χ2v) is 7.13. The summed E-state index contributed by atoms with van der Waals surface area (Å²) >= 11 is 1.52. The second kappa shape index (κ2) is 7.88. The topological polar surface area (TPSA) is 35.9 Å². The van der Waals surface area contributed by atoms with Gasteiger partial charge < -0.3 is 9.80 Å². The number of carbonyl (C=O) groups is 1. The number of thioether (sulfide) groups is 1. The van der Waals surface area contributed by atoms with E-state index in [0.29, 0.717) is 0 Å². The van der Waals surface area contributed by atoms with E-state index < -0.39 is 0 Å². The van der Waals surface area contributed by atoms with Crippen LogP contribution in [-0.2, 0) is 4.79 Å². The van der Waals surface area contributed by atoms with Crippen molar-refractivity contribution in [3.8, 4) is 0 Å². The molecule has 5 heteroatoms. The van der Waals surface area contributed by atoms with Crippen molar-refractivity contribution in [2.24, 2.45) is 4.99 Å². The predicted molar refractivity (Wildman–Crippen MR) is 103 cm³/mol. The van der Waals surface area contributed by atoms with Gasteiger partial charge in [0.1, 0.15) is 0 Å². The molecule has 3 rings (SSSR count). The van der Waals surface area contributed by atoms with E-state index in [9.17, 15) is 4.79 Å². The van der Waals surface area contributed by atoms with Gasteiger partial charge in [-0.05, 0) is 68.6 Å². The third-order valence-corrected chi connectivity index (χ3v) is 5.60. The fourth-order valence-electron chi connectivity index (χ4n) is 3.14. The first-order valence-corrected chi connectivity index (χ1v) is 9.65. The minimum Gasteiger partial charge on any atom is -0.372 e. The van der Waals surface area contributed by atoms with Crippen molar-refractivity contribution in [2.45, 2.75) is 33.1 Å². The molecule has 1 aromatic rings. The van der Waals surface area contributed by atoms with Crippen LogP contribution in [0, 0.1) is 0 Å². The predicted octanol–water partition coefficient (Wildman–Crippen LogP) is 3.99. The molecule has 0 aliphatic carbocycles. The number of aliphatic imine (C=N–C) groups is 1.